The molecule has 2 aromatic rings. The fourth-order valence-electron chi connectivity index (χ4n) is 3.43. The molecule has 3 rings (SSSR count). The molecule has 1 aromatic heterocycles. The van der Waals surface area contributed by atoms with Crippen LogP contribution in [0.2, 0.25) is 0 Å². The second-order valence-electron chi connectivity index (χ2n) is 9.63. The third-order valence-corrected chi connectivity index (χ3v) is 5.07. The highest BCUT2D eigenvalue weighted by atomic mass is 16.3. The first-order valence-electron chi connectivity index (χ1n) is 10.00. The lowest BCUT2D eigenvalue weighted by Crippen LogP contribution is -2.54. The highest BCUT2D eigenvalue weighted by Gasteiger charge is 2.37. The maximum atomic E-state index is 13.1. The zero-order chi connectivity index (χ0) is 23.1. The molecule has 0 spiro atoms. The van der Waals surface area contributed by atoms with Crippen LogP contribution in [0.4, 0.5) is 10.5 Å². The van der Waals surface area contributed by atoms with Crippen molar-refractivity contribution in [2.45, 2.75) is 52.4 Å². The van der Waals surface area contributed by atoms with Crippen molar-refractivity contribution in [2.75, 3.05) is 4.90 Å². The summed E-state index contributed by atoms with van der Waals surface area (Å²) >= 11 is 0. The van der Waals surface area contributed by atoms with Gasteiger partial charge in [-0.05, 0) is 46.7 Å². The second-order valence-corrected chi connectivity index (χ2v) is 9.63. The molecule has 1 aliphatic rings. The van der Waals surface area contributed by atoms with Gasteiger partial charge in [-0.15, -0.1) is 0 Å². The number of aromatic hydroxyl groups is 1. The number of carbonyl (C=O) groups excluding carboxylic acids is 3. The number of hydrogen-bond acceptors (Lipinski definition) is 5. The van der Waals surface area contributed by atoms with Crippen molar-refractivity contribution in [3.8, 4) is 5.75 Å². The molecule has 0 atom stereocenters. The second kappa shape index (κ2) is 7.65. The smallest absolute Gasteiger partial charge is 0.336 e. The molecule has 0 unspecified atom stereocenters. The van der Waals surface area contributed by atoms with E-state index in [-0.39, 0.29) is 27.8 Å². The van der Waals surface area contributed by atoms with Crippen LogP contribution < -0.4 is 10.2 Å². The number of nitrogens with one attached hydrogen (secondary N) is 1. The van der Waals surface area contributed by atoms with Crippen molar-refractivity contribution >= 4 is 29.6 Å². The van der Waals surface area contributed by atoms with Crippen LogP contribution in [0.5, 0.6) is 5.75 Å². The third-order valence-electron chi connectivity index (χ3n) is 5.07. The molecule has 7 nitrogen and oxygen atoms in total. The molecule has 4 amide bonds. The molecule has 0 saturated carbocycles. The van der Waals surface area contributed by atoms with Crippen molar-refractivity contribution in [3.63, 3.8) is 0 Å². The number of pyridine rings is 1. The van der Waals surface area contributed by atoms with E-state index in [9.17, 15) is 19.5 Å². The summed E-state index contributed by atoms with van der Waals surface area (Å²) in [4.78, 5) is 42.7. The maximum absolute atomic E-state index is 13.1. The van der Waals surface area contributed by atoms with Gasteiger partial charge in [0.15, 0.2) is 0 Å². The van der Waals surface area contributed by atoms with Gasteiger partial charge >= 0.3 is 6.03 Å². The van der Waals surface area contributed by atoms with Gasteiger partial charge in [-0.2, -0.15) is 0 Å². The van der Waals surface area contributed by atoms with Crippen LogP contribution in [-0.4, -0.2) is 27.9 Å². The van der Waals surface area contributed by atoms with E-state index in [2.05, 4.69) is 10.3 Å². The minimum atomic E-state index is -0.823. The number of carbonyl (C=O) groups is 3. The Labute approximate surface area is 181 Å². The molecule has 31 heavy (non-hydrogen) atoms. The summed E-state index contributed by atoms with van der Waals surface area (Å²) in [6.07, 6.45) is 4.36. The summed E-state index contributed by atoms with van der Waals surface area (Å²) in [5, 5.41) is 13.1. The Kier molecular flexibility index (Phi) is 5.48. The third kappa shape index (κ3) is 4.35. The van der Waals surface area contributed by atoms with Gasteiger partial charge < -0.3 is 5.11 Å². The molecule has 2 N–H and O–H groups in total. The topological polar surface area (TPSA) is 99.6 Å². The molecule has 2 heterocycles. The van der Waals surface area contributed by atoms with E-state index in [0.29, 0.717) is 16.7 Å². The van der Waals surface area contributed by atoms with Crippen LogP contribution in [0.25, 0.3) is 6.08 Å². The van der Waals surface area contributed by atoms with E-state index in [0.717, 1.165) is 4.90 Å². The van der Waals surface area contributed by atoms with Gasteiger partial charge in [0.05, 0.1) is 11.9 Å². The van der Waals surface area contributed by atoms with Crippen LogP contribution >= 0.6 is 0 Å². The van der Waals surface area contributed by atoms with Gasteiger partial charge in [-0.1, -0.05) is 41.5 Å². The van der Waals surface area contributed by atoms with E-state index in [1.54, 1.807) is 24.3 Å². The largest absolute Gasteiger partial charge is 0.507 e. The number of amides is 4. The molecule has 1 saturated heterocycles. The van der Waals surface area contributed by atoms with E-state index >= 15 is 0 Å². The van der Waals surface area contributed by atoms with Gasteiger partial charge in [0.2, 0.25) is 0 Å². The summed E-state index contributed by atoms with van der Waals surface area (Å²) in [5.41, 5.74) is 1.36. The molecule has 1 aliphatic heterocycles. The SMILES string of the molecule is CC(C)(C)c1cc(/C=C2\C(=O)NC(=O)N(c3cccnc3)C2=O)cc(C(C)(C)C)c1O. The van der Waals surface area contributed by atoms with E-state index in [1.165, 1.54) is 18.5 Å². The van der Waals surface area contributed by atoms with E-state index in [1.807, 2.05) is 41.5 Å². The minimum Gasteiger partial charge on any atom is -0.507 e. The molecule has 7 heteroatoms. The summed E-state index contributed by atoms with van der Waals surface area (Å²) < 4.78 is 0. The average Bonchev–Trinajstić information content (AvgIpc) is 2.65. The van der Waals surface area contributed by atoms with Crippen molar-refractivity contribution in [1.82, 2.24) is 10.3 Å². The van der Waals surface area contributed by atoms with Crippen molar-refractivity contribution in [3.05, 3.63) is 58.9 Å². The van der Waals surface area contributed by atoms with Gasteiger partial charge in [0.1, 0.15) is 11.3 Å². The number of phenols is 1. The quantitative estimate of drug-likeness (QED) is 0.563. The molecule has 0 radical (unpaired) electrons. The predicted octanol–water partition coefficient (Wildman–Crippen LogP) is 4.05. The number of barbiturate groups is 1. The van der Waals surface area contributed by atoms with Crippen LogP contribution in [0.15, 0.2) is 42.2 Å². The fraction of sp³-hybridized carbons (Fsp3) is 0.333. The summed E-state index contributed by atoms with van der Waals surface area (Å²) in [5.74, 6) is -1.30. The summed E-state index contributed by atoms with van der Waals surface area (Å²) in [6, 6.07) is 5.87. The number of aromatic nitrogens is 1. The molecule has 1 aromatic carbocycles. The Bertz CT molecular complexity index is 1060. The molecular formula is C24H27N3O4. The van der Waals surface area contributed by atoms with Crippen molar-refractivity contribution in [1.29, 1.82) is 0 Å². The number of urea groups is 1. The highest BCUT2D eigenvalue weighted by molar-refractivity contribution is 6.39. The maximum Gasteiger partial charge on any atom is 0.336 e. The Morgan fingerprint density at radius 2 is 1.58 bits per heavy atom. The number of nitrogens with zero attached hydrogens (tertiary/aromatic N) is 2. The number of phenolic OH excluding ortho intramolecular Hbond substituents is 1. The van der Waals surface area contributed by atoms with E-state index in [4.69, 9.17) is 0 Å². The highest BCUT2D eigenvalue weighted by Crippen LogP contribution is 2.40. The lowest BCUT2D eigenvalue weighted by Gasteiger charge is -2.28. The molecule has 0 aliphatic carbocycles. The Morgan fingerprint density at radius 3 is 2.06 bits per heavy atom. The lowest BCUT2D eigenvalue weighted by atomic mass is 9.78. The average molecular weight is 421 g/mol. The first kappa shape index (κ1) is 22.2. The van der Waals surface area contributed by atoms with Gasteiger partial charge in [0.25, 0.3) is 11.8 Å². The number of anilines is 1. The molecule has 0 bridgehead atoms. The van der Waals surface area contributed by atoms with Crippen LogP contribution in [0, 0.1) is 0 Å². The first-order valence-corrected chi connectivity index (χ1v) is 10.00. The van der Waals surface area contributed by atoms with Crippen LogP contribution in [0.1, 0.15) is 58.2 Å². The fourth-order valence-corrected chi connectivity index (χ4v) is 3.43. The molecular weight excluding hydrogens is 394 g/mol. The zero-order valence-electron chi connectivity index (χ0n) is 18.6. The predicted molar refractivity (Wildman–Crippen MR) is 119 cm³/mol. The van der Waals surface area contributed by atoms with Gasteiger partial charge in [0, 0.05) is 17.3 Å². The van der Waals surface area contributed by atoms with Crippen LogP contribution in [0.3, 0.4) is 0 Å². The summed E-state index contributed by atoms with van der Waals surface area (Å²) in [7, 11) is 0. The van der Waals surface area contributed by atoms with Crippen LogP contribution in [-0.2, 0) is 20.4 Å². The van der Waals surface area contributed by atoms with Gasteiger partial charge in [-0.25, -0.2) is 9.69 Å². The monoisotopic (exact) mass is 421 g/mol. The zero-order valence-corrected chi connectivity index (χ0v) is 18.6. The lowest BCUT2D eigenvalue weighted by molar-refractivity contribution is -0.122. The normalized spacial score (nSPS) is 16.6. The Morgan fingerprint density at radius 1 is 1.00 bits per heavy atom. The minimum absolute atomic E-state index is 0.172. The first-order chi connectivity index (χ1) is 14.3. The Hall–Kier alpha value is -3.48. The molecule has 162 valence electrons. The standard InChI is InChI=1S/C24H27N3O4/c1-23(2,3)17-11-14(12-18(19(17)28)24(4,5)6)10-16-20(29)26-22(31)27(21(16)30)15-8-7-9-25-13-15/h7-13,28H,1-6H3,(H,26,29,31)/b16-10+. The number of hydrogen-bond donors (Lipinski definition) is 2. The molecule has 1 fully saturated rings. The van der Waals surface area contributed by atoms with Gasteiger partial charge in [-0.3, -0.25) is 19.9 Å². The Balaban J connectivity index is 2.16. The van der Waals surface area contributed by atoms with Crippen molar-refractivity contribution in [2.24, 2.45) is 0 Å². The number of benzene rings is 1. The van der Waals surface area contributed by atoms with E-state index < -0.39 is 17.8 Å². The number of rotatable bonds is 2. The summed E-state index contributed by atoms with van der Waals surface area (Å²) in [6.45, 7) is 11.9. The number of imide groups is 2. The van der Waals surface area contributed by atoms with Crippen molar-refractivity contribution < 1.29 is 19.5 Å².